The Morgan fingerprint density at radius 2 is 2.05 bits per heavy atom. The molecule has 1 aromatic rings. The van der Waals surface area contributed by atoms with Crippen molar-refractivity contribution in [1.82, 2.24) is 15.6 Å². The van der Waals surface area contributed by atoms with E-state index in [1.807, 2.05) is 26.0 Å². The number of rotatable bonds is 7. The lowest BCUT2D eigenvalue weighted by atomic mass is 10.1. The largest absolute Gasteiger partial charge is 0.352 e. The second kappa shape index (κ2) is 7.89. The van der Waals surface area contributed by atoms with Crippen molar-refractivity contribution >= 4 is 5.91 Å². The van der Waals surface area contributed by atoms with Crippen LogP contribution in [-0.2, 0) is 11.3 Å². The van der Waals surface area contributed by atoms with Gasteiger partial charge in [0.2, 0.25) is 5.91 Å². The van der Waals surface area contributed by atoms with E-state index in [0.29, 0.717) is 6.54 Å². The summed E-state index contributed by atoms with van der Waals surface area (Å²) in [5.41, 5.74) is 2.13. The first kappa shape index (κ1) is 15.6. The predicted octanol–water partition coefficient (Wildman–Crippen LogP) is 2.17. The Morgan fingerprint density at radius 1 is 1.37 bits per heavy atom. The molecule has 0 bridgehead atoms. The summed E-state index contributed by atoms with van der Waals surface area (Å²) in [7, 11) is 0. The third-order valence-corrected chi connectivity index (χ3v) is 3.42. The normalized spacial score (nSPS) is 12.5. The molecule has 0 aliphatic carbocycles. The summed E-state index contributed by atoms with van der Waals surface area (Å²) in [4.78, 5) is 16.3. The maximum absolute atomic E-state index is 12.0. The van der Waals surface area contributed by atoms with Crippen LogP contribution in [0.1, 0.15) is 44.9 Å². The van der Waals surface area contributed by atoms with E-state index < -0.39 is 0 Å². The average molecular weight is 263 g/mol. The Bertz CT molecular complexity index is 402. The van der Waals surface area contributed by atoms with Crippen molar-refractivity contribution < 1.29 is 4.79 Å². The number of hydrogen-bond donors (Lipinski definition) is 2. The van der Waals surface area contributed by atoms with Crippen LogP contribution in [0.25, 0.3) is 0 Å². The van der Waals surface area contributed by atoms with Crippen LogP contribution in [0.15, 0.2) is 18.3 Å². The Hall–Kier alpha value is -1.42. The number of carbonyl (C=O) groups excluding carboxylic acids is 1. The van der Waals surface area contributed by atoms with Crippen molar-refractivity contribution in [3.8, 4) is 0 Å². The van der Waals surface area contributed by atoms with Gasteiger partial charge < -0.3 is 10.6 Å². The van der Waals surface area contributed by atoms with Gasteiger partial charge in [-0.3, -0.25) is 9.78 Å². The molecule has 0 spiro atoms. The van der Waals surface area contributed by atoms with Crippen molar-refractivity contribution in [1.29, 1.82) is 0 Å². The van der Waals surface area contributed by atoms with Gasteiger partial charge in [0, 0.05) is 18.8 Å². The Morgan fingerprint density at radius 3 is 2.63 bits per heavy atom. The van der Waals surface area contributed by atoms with Crippen LogP contribution >= 0.6 is 0 Å². The summed E-state index contributed by atoms with van der Waals surface area (Å²) >= 11 is 0. The number of nitrogens with one attached hydrogen (secondary N) is 2. The average Bonchev–Trinajstić information content (AvgIpc) is 2.43. The van der Waals surface area contributed by atoms with E-state index in [0.717, 1.165) is 24.1 Å². The summed E-state index contributed by atoms with van der Waals surface area (Å²) in [6, 6.07) is 4.01. The van der Waals surface area contributed by atoms with Crippen molar-refractivity contribution in [3.63, 3.8) is 0 Å². The molecule has 0 saturated carbocycles. The highest BCUT2D eigenvalue weighted by Gasteiger charge is 2.15. The van der Waals surface area contributed by atoms with Gasteiger partial charge in [0.05, 0.1) is 11.7 Å². The quantitative estimate of drug-likeness (QED) is 0.792. The van der Waals surface area contributed by atoms with E-state index in [9.17, 15) is 4.79 Å². The molecular weight excluding hydrogens is 238 g/mol. The molecule has 1 heterocycles. The maximum atomic E-state index is 12.0. The number of aryl methyl sites for hydroxylation is 1. The van der Waals surface area contributed by atoms with Crippen LogP contribution in [0.3, 0.4) is 0 Å². The molecule has 1 amide bonds. The van der Waals surface area contributed by atoms with Crippen LogP contribution in [0.5, 0.6) is 0 Å². The Labute approximate surface area is 116 Å². The monoisotopic (exact) mass is 263 g/mol. The van der Waals surface area contributed by atoms with Gasteiger partial charge in [-0.2, -0.15) is 0 Å². The molecule has 0 radical (unpaired) electrons. The molecule has 1 atom stereocenters. The molecule has 19 heavy (non-hydrogen) atoms. The van der Waals surface area contributed by atoms with Crippen molar-refractivity contribution in [2.75, 3.05) is 0 Å². The molecule has 1 unspecified atom stereocenters. The molecule has 106 valence electrons. The molecular formula is C15H25N3O. The smallest absolute Gasteiger partial charge is 0.237 e. The van der Waals surface area contributed by atoms with Crippen molar-refractivity contribution in [2.24, 2.45) is 0 Å². The minimum atomic E-state index is -0.206. The summed E-state index contributed by atoms with van der Waals surface area (Å²) in [6.07, 6.45) is 3.71. The zero-order valence-electron chi connectivity index (χ0n) is 12.4. The number of amides is 1. The van der Waals surface area contributed by atoms with Gasteiger partial charge in [0.1, 0.15) is 0 Å². The van der Waals surface area contributed by atoms with Gasteiger partial charge in [0.15, 0.2) is 0 Å². The van der Waals surface area contributed by atoms with Crippen molar-refractivity contribution in [2.45, 2.75) is 59.2 Å². The van der Waals surface area contributed by atoms with E-state index in [1.54, 1.807) is 6.20 Å². The third-order valence-electron chi connectivity index (χ3n) is 3.42. The fourth-order valence-electron chi connectivity index (χ4n) is 1.86. The molecule has 2 N–H and O–H groups in total. The number of nitrogens with zero attached hydrogens (tertiary/aromatic N) is 1. The lowest BCUT2D eigenvalue weighted by Crippen LogP contribution is -2.45. The van der Waals surface area contributed by atoms with Crippen LogP contribution in [0.4, 0.5) is 0 Å². The van der Waals surface area contributed by atoms with E-state index in [2.05, 4.69) is 29.5 Å². The predicted molar refractivity (Wildman–Crippen MR) is 77.8 cm³/mol. The summed E-state index contributed by atoms with van der Waals surface area (Å²) in [6.45, 7) is 8.70. The van der Waals surface area contributed by atoms with E-state index >= 15 is 0 Å². The zero-order chi connectivity index (χ0) is 14.3. The minimum absolute atomic E-state index is 0.0577. The Kier molecular flexibility index (Phi) is 6.50. The van der Waals surface area contributed by atoms with E-state index in [1.165, 1.54) is 0 Å². The standard InChI is InChI=1S/C15H25N3O/c1-5-13(6-2)18-15(19)12(4)17-10-14-11(3)8-7-9-16-14/h7-9,12-13,17H,5-6,10H2,1-4H3,(H,18,19). The highest BCUT2D eigenvalue weighted by molar-refractivity contribution is 5.81. The van der Waals surface area contributed by atoms with Crippen LogP contribution < -0.4 is 10.6 Å². The molecule has 0 saturated heterocycles. The van der Waals surface area contributed by atoms with Crippen LogP contribution in [0, 0.1) is 6.92 Å². The first-order valence-corrected chi connectivity index (χ1v) is 7.02. The number of pyridine rings is 1. The second-order valence-corrected chi connectivity index (χ2v) is 4.89. The third kappa shape index (κ3) is 4.99. The summed E-state index contributed by atoms with van der Waals surface area (Å²) in [5.74, 6) is 0.0577. The van der Waals surface area contributed by atoms with Crippen LogP contribution in [0.2, 0.25) is 0 Å². The van der Waals surface area contributed by atoms with Gasteiger partial charge in [-0.25, -0.2) is 0 Å². The molecule has 4 heteroatoms. The van der Waals surface area contributed by atoms with Gasteiger partial charge in [0.25, 0.3) is 0 Å². The SMILES string of the molecule is CCC(CC)NC(=O)C(C)NCc1ncccc1C. The van der Waals surface area contributed by atoms with Crippen LogP contribution in [-0.4, -0.2) is 23.0 Å². The highest BCUT2D eigenvalue weighted by atomic mass is 16.2. The molecule has 0 aliphatic heterocycles. The molecule has 1 rings (SSSR count). The summed E-state index contributed by atoms with van der Waals surface area (Å²) in [5, 5.41) is 6.26. The number of hydrogen-bond acceptors (Lipinski definition) is 3. The lowest BCUT2D eigenvalue weighted by molar-refractivity contribution is -0.123. The fourth-order valence-corrected chi connectivity index (χ4v) is 1.86. The molecule has 1 aromatic heterocycles. The molecule has 4 nitrogen and oxygen atoms in total. The van der Waals surface area contributed by atoms with Gasteiger partial charge in [-0.05, 0) is 38.3 Å². The molecule has 0 fully saturated rings. The maximum Gasteiger partial charge on any atom is 0.237 e. The van der Waals surface area contributed by atoms with Gasteiger partial charge in [-0.15, -0.1) is 0 Å². The molecule has 0 aromatic carbocycles. The van der Waals surface area contributed by atoms with Gasteiger partial charge in [-0.1, -0.05) is 19.9 Å². The summed E-state index contributed by atoms with van der Waals surface area (Å²) < 4.78 is 0. The van der Waals surface area contributed by atoms with Gasteiger partial charge >= 0.3 is 0 Å². The second-order valence-electron chi connectivity index (χ2n) is 4.89. The fraction of sp³-hybridized carbons (Fsp3) is 0.600. The lowest BCUT2D eigenvalue weighted by Gasteiger charge is -2.19. The number of aromatic nitrogens is 1. The highest BCUT2D eigenvalue weighted by Crippen LogP contribution is 2.03. The first-order chi connectivity index (χ1) is 9.08. The van der Waals surface area contributed by atoms with E-state index in [-0.39, 0.29) is 18.0 Å². The zero-order valence-corrected chi connectivity index (χ0v) is 12.4. The topological polar surface area (TPSA) is 54.0 Å². The van der Waals surface area contributed by atoms with E-state index in [4.69, 9.17) is 0 Å². The first-order valence-electron chi connectivity index (χ1n) is 7.02. The molecule has 0 aliphatic rings. The van der Waals surface area contributed by atoms with Crippen molar-refractivity contribution in [3.05, 3.63) is 29.6 Å². The number of carbonyl (C=O) groups is 1. The minimum Gasteiger partial charge on any atom is -0.352 e. The Balaban J connectivity index is 2.45.